The molecule has 0 saturated carbocycles. The summed E-state index contributed by atoms with van der Waals surface area (Å²) in [5.74, 6) is 0. The minimum absolute atomic E-state index is 0. The quantitative estimate of drug-likeness (QED) is 0.515. The van der Waals surface area contributed by atoms with Gasteiger partial charge < -0.3 is 0 Å². The molecule has 0 unspecified atom stereocenters. The first-order chi connectivity index (χ1) is 9.45. The number of rotatable bonds is 3. The van der Waals surface area contributed by atoms with Crippen LogP contribution in [0.15, 0.2) is 91.0 Å². The van der Waals surface area contributed by atoms with Crippen LogP contribution in [0.4, 0.5) is 0 Å². The molecule has 3 aromatic carbocycles. The fourth-order valence-corrected chi connectivity index (χ4v) is 9.67. The fraction of sp³-hybridized carbons (Fsp3) is 0. The molecule has 0 spiro atoms. The Morgan fingerprint density at radius 1 is 0.400 bits per heavy atom. The molecular weight excluding hydrogens is 454 g/mol. The SMILES string of the molecule is [Sn].c1cc[c]([Sn]([c]2ccccc2)[c]2ccccc2)cc1. The number of hydrogen-bond acceptors (Lipinski definition) is 0. The van der Waals surface area contributed by atoms with E-state index in [9.17, 15) is 0 Å². The summed E-state index contributed by atoms with van der Waals surface area (Å²) < 4.78 is 4.59. The van der Waals surface area contributed by atoms with Crippen molar-refractivity contribution in [2.75, 3.05) is 0 Å². The van der Waals surface area contributed by atoms with Gasteiger partial charge in [0.1, 0.15) is 0 Å². The van der Waals surface area contributed by atoms with Crippen LogP contribution in [0.25, 0.3) is 0 Å². The predicted molar refractivity (Wildman–Crippen MR) is 89.7 cm³/mol. The number of hydrogen-bond donors (Lipinski definition) is 0. The van der Waals surface area contributed by atoms with E-state index in [1.54, 1.807) is 0 Å². The average molecular weight is 469 g/mol. The average Bonchev–Trinajstić information content (AvgIpc) is 2.51. The van der Waals surface area contributed by atoms with Gasteiger partial charge in [0.05, 0.1) is 0 Å². The van der Waals surface area contributed by atoms with Crippen molar-refractivity contribution < 1.29 is 0 Å². The summed E-state index contributed by atoms with van der Waals surface area (Å²) in [5, 5.41) is 0. The first-order valence-electron chi connectivity index (χ1n) is 6.48. The molecule has 0 N–H and O–H groups in total. The first-order valence-corrected chi connectivity index (χ1v) is 10.8. The molecule has 0 nitrogen and oxygen atoms in total. The molecule has 5 radical (unpaired) electrons. The third-order valence-corrected chi connectivity index (χ3v) is 11.0. The van der Waals surface area contributed by atoms with Crippen molar-refractivity contribution in [1.29, 1.82) is 0 Å². The summed E-state index contributed by atoms with van der Waals surface area (Å²) in [6.07, 6.45) is 0. The summed E-state index contributed by atoms with van der Waals surface area (Å²) in [4.78, 5) is 0. The molecule has 0 aliphatic rings. The summed E-state index contributed by atoms with van der Waals surface area (Å²) in [6, 6.07) is 32.9. The standard InChI is InChI=1S/3C6H5.2Sn/c3*1-2-4-6-5-3-1;;/h3*1-5H;;. The Kier molecular flexibility index (Phi) is 6.17. The molecule has 0 heterocycles. The van der Waals surface area contributed by atoms with E-state index < -0.39 is 19.8 Å². The van der Waals surface area contributed by atoms with Crippen LogP contribution in [0.5, 0.6) is 0 Å². The zero-order valence-electron chi connectivity index (χ0n) is 11.2. The Morgan fingerprint density at radius 3 is 0.900 bits per heavy atom. The molecule has 0 fully saturated rings. The summed E-state index contributed by atoms with van der Waals surface area (Å²) in [6.45, 7) is 0. The van der Waals surface area contributed by atoms with Gasteiger partial charge in [0.15, 0.2) is 0 Å². The molecular formula is C18H15Sn2. The zero-order chi connectivity index (χ0) is 12.9. The van der Waals surface area contributed by atoms with Gasteiger partial charge in [-0.1, -0.05) is 0 Å². The molecule has 0 amide bonds. The molecule has 0 bridgehead atoms. The van der Waals surface area contributed by atoms with Crippen molar-refractivity contribution in [2.24, 2.45) is 0 Å². The van der Waals surface area contributed by atoms with Gasteiger partial charge >= 0.3 is 121 Å². The van der Waals surface area contributed by atoms with Crippen molar-refractivity contribution in [3.8, 4) is 0 Å². The molecule has 95 valence electrons. The van der Waals surface area contributed by atoms with Crippen molar-refractivity contribution in [3.05, 3.63) is 91.0 Å². The molecule has 0 aliphatic heterocycles. The normalized spacial score (nSPS) is 10.1. The summed E-state index contributed by atoms with van der Waals surface area (Å²) >= 11 is -1.98. The topological polar surface area (TPSA) is 0 Å². The van der Waals surface area contributed by atoms with E-state index in [4.69, 9.17) is 0 Å². The second-order valence-corrected chi connectivity index (χ2v) is 11.6. The van der Waals surface area contributed by atoms with Crippen LogP contribution in [-0.4, -0.2) is 43.7 Å². The monoisotopic (exact) mass is 471 g/mol. The Hall–Kier alpha value is -0.743. The Morgan fingerprint density at radius 2 is 0.650 bits per heavy atom. The number of benzene rings is 3. The molecule has 0 saturated heterocycles. The van der Waals surface area contributed by atoms with Crippen LogP contribution in [0.3, 0.4) is 0 Å². The van der Waals surface area contributed by atoms with E-state index in [2.05, 4.69) is 91.0 Å². The van der Waals surface area contributed by atoms with Gasteiger partial charge in [-0.2, -0.15) is 0 Å². The third-order valence-electron chi connectivity index (χ3n) is 3.19. The van der Waals surface area contributed by atoms with Gasteiger partial charge in [-0.05, 0) is 0 Å². The molecule has 0 atom stereocenters. The Balaban J connectivity index is 0.00000147. The van der Waals surface area contributed by atoms with Crippen molar-refractivity contribution in [2.45, 2.75) is 0 Å². The van der Waals surface area contributed by atoms with E-state index >= 15 is 0 Å². The summed E-state index contributed by atoms with van der Waals surface area (Å²) in [7, 11) is 0. The maximum absolute atomic E-state index is 2.29. The minimum atomic E-state index is -1.98. The van der Waals surface area contributed by atoms with Crippen molar-refractivity contribution >= 4 is 54.4 Å². The van der Waals surface area contributed by atoms with Gasteiger partial charge in [-0.25, -0.2) is 0 Å². The van der Waals surface area contributed by atoms with E-state index in [0.717, 1.165) is 0 Å². The van der Waals surface area contributed by atoms with Crippen LogP contribution < -0.4 is 10.7 Å². The summed E-state index contributed by atoms with van der Waals surface area (Å²) in [5.41, 5.74) is 0. The van der Waals surface area contributed by atoms with Gasteiger partial charge in [-0.15, -0.1) is 0 Å². The Bertz CT molecular complexity index is 527. The maximum atomic E-state index is 2.29. The molecule has 0 aliphatic carbocycles. The van der Waals surface area contributed by atoms with Crippen LogP contribution >= 0.6 is 0 Å². The first kappa shape index (κ1) is 15.6. The van der Waals surface area contributed by atoms with E-state index in [0.29, 0.717) is 0 Å². The fourth-order valence-electron chi connectivity index (χ4n) is 2.31. The van der Waals surface area contributed by atoms with Gasteiger partial charge in [0.2, 0.25) is 0 Å². The molecule has 3 rings (SSSR count). The second kappa shape index (κ2) is 7.89. The van der Waals surface area contributed by atoms with E-state index in [-0.39, 0.29) is 23.9 Å². The van der Waals surface area contributed by atoms with Gasteiger partial charge in [0, 0.05) is 23.9 Å². The molecule has 0 aromatic heterocycles. The molecule has 20 heavy (non-hydrogen) atoms. The van der Waals surface area contributed by atoms with Crippen molar-refractivity contribution in [1.82, 2.24) is 0 Å². The van der Waals surface area contributed by atoms with Crippen LogP contribution in [0.1, 0.15) is 0 Å². The zero-order valence-corrected chi connectivity index (χ0v) is 16.9. The predicted octanol–water partition coefficient (Wildman–Crippen LogP) is 1.82. The van der Waals surface area contributed by atoms with E-state index in [1.807, 2.05) is 0 Å². The van der Waals surface area contributed by atoms with Crippen LogP contribution in [0.2, 0.25) is 0 Å². The third kappa shape index (κ3) is 3.67. The van der Waals surface area contributed by atoms with E-state index in [1.165, 1.54) is 10.7 Å². The van der Waals surface area contributed by atoms with Crippen molar-refractivity contribution in [3.63, 3.8) is 0 Å². The molecule has 3 aromatic rings. The van der Waals surface area contributed by atoms with Crippen LogP contribution in [-0.2, 0) is 0 Å². The second-order valence-electron chi connectivity index (χ2n) is 4.47. The Labute approximate surface area is 144 Å². The molecule has 2 heteroatoms. The van der Waals surface area contributed by atoms with Gasteiger partial charge in [0.25, 0.3) is 0 Å². The van der Waals surface area contributed by atoms with Crippen LogP contribution in [0, 0.1) is 0 Å². The van der Waals surface area contributed by atoms with Gasteiger partial charge in [-0.3, -0.25) is 0 Å².